The average Bonchev–Trinajstić information content (AvgIpc) is 2.19. The van der Waals surface area contributed by atoms with Gasteiger partial charge in [0.15, 0.2) is 0 Å². The lowest BCUT2D eigenvalue weighted by atomic mass is 10.1. The van der Waals surface area contributed by atoms with E-state index in [2.05, 4.69) is 10.3 Å². The Bertz CT molecular complexity index is 309. The van der Waals surface area contributed by atoms with Crippen molar-refractivity contribution in [1.82, 2.24) is 5.48 Å². The fourth-order valence-electron chi connectivity index (χ4n) is 0.951. The maximum atomic E-state index is 11.5. The molecule has 1 aromatic rings. The third-order valence-electron chi connectivity index (χ3n) is 1.56. The zero-order chi connectivity index (χ0) is 9.52. The van der Waals surface area contributed by atoms with E-state index in [0.29, 0.717) is 12.1 Å². The predicted octanol–water partition coefficient (Wildman–Crippen LogP) is 1.51. The van der Waals surface area contributed by atoms with Gasteiger partial charge in [0.25, 0.3) is 0 Å². The molecule has 4 heteroatoms. The van der Waals surface area contributed by atoms with Gasteiger partial charge < -0.3 is 0 Å². The number of hydrogen-bond acceptors (Lipinski definition) is 3. The van der Waals surface area contributed by atoms with Gasteiger partial charge in [-0.15, -0.1) is 0 Å². The van der Waals surface area contributed by atoms with Crippen LogP contribution in [0.2, 0.25) is 0 Å². The van der Waals surface area contributed by atoms with Crippen molar-refractivity contribution in [1.29, 1.82) is 5.26 Å². The van der Waals surface area contributed by atoms with E-state index in [4.69, 9.17) is 5.26 Å². The quantitative estimate of drug-likeness (QED) is 0.564. The van der Waals surface area contributed by atoms with E-state index in [1.807, 2.05) is 12.1 Å². The molecule has 0 aromatic heterocycles. The summed E-state index contributed by atoms with van der Waals surface area (Å²) in [6, 6.07) is 9.11. The van der Waals surface area contributed by atoms with E-state index in [-0.39, 0.29) is 0 Å². The Morgan fingerprint density at radius 3 is 2.92 bits per heavy atom. The zero-order valence-corrected chi connectivity index (χ0v) is 6.96. The number of nitrogens with one attached hydrogen (secondary N) is 1. The van der Waals surface area contributed by atoms with E-state index in [1.165, 1.54) is 0 Å². The average molecular weight is 180 g/mol. The Hall–Kier alpha value is -1.44. The van der Waals surface area contributed by atoms with Gasteiger partial charge in [-0.05, 0) is 11.6 Å². The minimum atomic E-state index is -0.880. The van der Waals surface area contributed by atoms with Crippen molar-refractivity contribution in [3.8, 4) is 6.07 Å². The van der Waals surface area contributed by atoms with Crippen LogP contribution in [-0.4, -0.2) is 6.86 Å². The van der Waals surface area contributed by atoms with Crippen LogP contribution < -0.4 is 5.48 Å². The molecule has 0 atom stereocenters. The van der Waals surface area contributed by atoms with Gasteiger partial charge in [0, 0.05) is 6.54 Å². The first kappa shape index (κ1) is 9.65. The van der Waals surface area contributed by atoms with E-state index < -0.39 is 6.86 Å². The van der Waals surface area contributed by atoms with Crippen LogP contribution in [0.15, 0.2) is 24.3 Å². The topological polar surface area (TPSA) is 45.0 Å². The summed E-state index contributed by atoms with van der Waals surface area (Å²) in [6.07, 6.45) is 0. The first-order valence-electron chi connectivity index (χ1n) is 3.77. The highest BCUT2D eigenvalue weighted by atomic mass is 19.1. The third-order valence-corrected chi connectivity index (χ3v) is 1.56. The Morgan fingerprint density at radius 2 is 2.23 bits per heavy atom. The molecule has 0 radical (unpaired) electrons. The molecule has 0 saturated heterocycles. The summed E-state index contributed by atoms with van der Waals surface area (Å²) in [5.74, 6) is 0. The Kier molecular flexibility index (Phi) is 3.89. The van der Waals surface area contributed by atoms with Crippen LogP contribution in [-0.2, 0) is 11.4 Å². The number of rotatable bonds is 4. The minimum absolute atomic E-state index is 0.327. The zero-order valence-electron chi connectivity index (χ0n) is 6.96. The molecule has 0 heterocycles. The van der Waals surface area contributed by atoms with Crippen molar-refractivity contribution >= 4 is 0 Å². The second-order valence-electron chi connectivity index (χ2n) is 2.34. The first-order chi connectivity index (χ1) is 6.38. The molecule has 0 aliphatic carbocycles. The lowest BCUT2D eigenvalue weighted by Gasteiger charge is -2.03. The monoisotopic (exact) mass is 180 g/mol. The van der Waals surface area contributed by atoms with E-state index in [1.54, 1.807) is 18.2 Å². The maximum absolute atomic E-state index is 11.5. The standard InChI is InChI=1S/C9H9FN2O/c10-7-13-12-6-9-4-2-1-3-8(9)5-11/h1-4,12H,6-7H2. The molecule has 1 N–H and O–H groups in total. The first-order valence-corrected chi connectivity index (χ1v) is 3.77. The van der Waals surface area contributed by atoms with Gasteiger partial charge in [-0.2, -0.15) is 10.7 Å². The largest absolute Gasteiger partial charge is 0.268 e. The predicted molar refractivity (Wildman–Crippen MR) is 45.1 cm³/mol. The number of alkyl halides is 1. The van der Waals surface area contributed by atoms with Gasteiger partial charge >= 0.3 is 0 Å². The maximum Gasteiger partial charge on any atom is 0.207 e. The van der Waals surface area contributed by atoms with Crippen molar-refractivity contribution in [2.45, 2.75) is 6.54 Å². The highest BCUT2D eigenvalue weighted by molar-refractivity contribution is 5.36. The number of hydrogen-bond donors (Lipinski definition) is 1. The molecule has 0 aliphatic heterocycles. The van der Waals surface area contributed by atoms with Crippen LogP contribution in [0.1, 0.15) is 11.1 Å². The van der Waals surface area contributed by atoms with E-state index >= 15 is 0 Å². The summed E-state index contributed by atoms with van der Waals surface area (Å²) in [4.78, 5) is 4.31. The highest BCUT2D eigenvalue weighted by Gasteiger charge is 1.98. The minimum Gasteiger partial charge on any atom is -0.268 e. The van der Waals surface area contributed by atoms with E-state index in [9.17, 15) is 4.39 Å². The summed E-state index contributed by atoms with van der Waals surface area (Å²) in [7, 11) is 0. The van der Waals surface area contributed by atoms with Crippen LogP contribution >= 0.6 is 0 Å². The third kappa shape index (κ3) is 2.82. The molecule has 3 nitrogen and oxygen atoms in total. The summed E-state index contributed by atoms with van der Waals surface area (Å²) < 4.78 is 11.5. The molecule has 1 rings (SSSR count). The van der Waals surface area contributed by atoms with Crippen molar-refractivity contribution in [3.63, 3.8) is 0 Å². The molecule has 68 valence electrons. The number of nitriles is 1. The Morgan fingerprint density at radius 1 is 1.46 bits per heavy atom. The fourth-order valence-corrected chi connectivity index (χ4v) is 0.951. The SMILES string of the molecule is N#Cc1ccccc1CNOCF. The van der Waals surface area contributed by atoms with Crippen molar-refractivity contribution in [3.05, 3.63) is 35.4 Å². The van der Waals surface area contributed by atoms with Crippen LogP contribution in [0.4, 0.5) is 4.39 Å². The second-order valence-corrected chi connectivity index (χ2v) is 2.34. The van der Waals surface area contributed by atoms with Gasteiger partial charge in [0.05, 0.1) is 11.6 Å². The molecule has 0 spiro atoms. The molecule has 1 aromatic carbocycles. The van der Waals surface area contributed by atoms with Crippen molar-refractivity contribution in [2.75, 3.05) is 6.86 Å². The number of halogens is 1. The van der Waals surface area contributed by atoms with Crippen LogP contribution in [0.25, 0.3) is 0 Å². The lowest BCUT2D eigenvalue weighted by molar-refractivity contribution is -0.0199. The van der Waals surface area contributed by atoms with Gasteiger partial charge in [-0.25, -0.2) is 4.39 Å². The highest BCUT2D eigenvalue weighted by Crippen LogP contribution is 2.06. The summed E-state index contributed by atoms with van der Waals surface area (Å²) in [5, 5.41) is 8.68. The molecule has 0 fully saturated rings. The van der Waals surface area contributed by atoms with Crippen LogP contribution in [0.5, 0.6) is 0 Å². The smallest absolute Gasteiger partial charge is 0.207 e. The number of nitrogens with zero attached hydrogens (tertiary/aromatic N) is 1. The Labute approximate surface area is 75.7 Å². The summed E-state index contributed by atoms with van der Waals surface area (Å²) in [5.41, 5.74) is 3.76. The summed E-state index contributed by atoms with van der Waals surface area (Å²) >= 11 is 0. The Balaban J connectivity index is 2.60. The van der Waals surface area contributed by atoms with Gasteiger partial charge in [0.2, 0.25) is 6.86 Å². The van der Waals surface area contributed by atoms with Gasteiger partial charge in [0.1, 0.15) is 0 Å². The molecule has 0 bridgehead atoms. The molecule has 0 amide bonds. The van der Waals surface area contributed by atoms with Crippen LogP contribution in [0, 0.1) is 11.3 Å². The molecular formula is C9H9FN2O. The van der Waals surface area contributed by atoms with E-state index in [0.717, 1.165) is 5.56 Å². The molecule has 13 heavy (non-hydrogen) atoms. The van der Waals surface area contributed by atoms with Gasteiger partial charge in [-0.1, -0.05) is 18.2 Å². The number of benzene rings is 1. The molecule has 0 aliphatic rings. The normalized spacial score (nSPS) is 9.54. The van der Waals surface area contributed by atoms with Crippen molar-refractivity contribution in [2.24, 2.45) is 0 Å². The second kappa shape index (κ2) is 5.25. The van der Waals surface area contributed by atoms with Crippen molar-refractivity contribution < 1.29 is 9.23 Å². The fraction of sp³-hybridized carbons (Fsp3) is 0.222. The van der Waals surface area contributed by atoms with Gasteiger partial charge in [-0.3, -0.25) is 4.84 Å². The summed E-state index contributed by atoms with van der Waals surface area (Å²) in [6.45, 7) is -0.553. The molecule has 0 unspecified atom stereocenters. The lowest BCUT2D eigenvalue weighted by Crippen LogP contribution is -2.13. The molecular weight excluding hydrogens is 171 g/mol. The molecule has 0 saturated carbocycles. The number of hydroxylamine groups is 1. The van der Waals surface area contributed by atoms with Crippen LogP contribution in [0.3, 0.4) is 0 Å².